The molecule has 0 spiro atoms. The molecule has 100 valence electrons. The molecule has 0 amide bonds. The van der Waals surface area contributed by atoms with Gasteiger partial charge in [-0.25, -0.2) is 0 Å². The lowest BCUT2D eigenvalue weighted by Crippen LogP contribution is -2.43. The summed E-state index contributed by atoms with van der Waals surface area (Å²) < 4.78 is 6.16. The van der Waals surface area contributed by atoms with Crippen molar-refractivity contribution in [2.45, 2.75) is 38.3 Å². The Balaban J connectivity index is 1.88. The molecule has 0 radical (unpaired) electrons. The Labute approximate surface area is 113 Å². The molecule has 3 heteroatoms. The van der Waals surface area contributed by atoms with Crippen LogP contribution in [0.1, 0.15) is 26.2 Å². The Morgan fingerprint density at radius 2 is 2.05 bits per heavy atom. The molecule has 19 heavy (non-hydrogen) atoms. The second-order valence-electron chi connectivity index (χ2n) is 5.57. The summed E-state index contributed by atoms with van der Waals surface area (Å²) >= 11 is 0. The third kappa shape index (κ3) is 2.56. The van der Waals surface area contributed by atoms with E-state index in [0.29, 0.717) is 5.92 Å². The summed E-state index contributed by atoms with van der Waals surface area (Å²) in [6, 6.07) is 10.2. The molecule has 1 heterocycles. The van der Waals surface area contributed by atoms with Crippen molar-refractivity contribution in [2.75, 3.05) is 0 Å². The average molecular weight is 256 g/mol. The van der Waals surface area contributed by atoms with E-state index >= 15 is 0 Å². The van der Waals surface area contributed by atoms with Crippen LogP contribution in [0, 0.1) is 5.92 Å². The second-order valence-corrected chi connectivity index (χ2v) is 5.57. The molecule has 2 aromatic rings. The SMILES string of the molecule is CC1CCC(N)C(Oc2cccc3cccnc23)C1. The van der Waals surface area contributed by atoms with Crippen molar-refractivity contribution in [3.8, 4) is 5.75 Å². The third-order valence-electron chi connectivity index (χ3n) is 3.98. The zero-order chi connectivity index (χ0) is 13.2. The number of ether oxygens (including phenoxy) is 1. The van der Waals surface area contributed by atoms with Gasteiger partial charge in [-0.05, 0) is 37.3 Å². The second kappa shape index (κ2) is 5.17. The maximum absolute atomic E-state index is 6.19. The zero-order valence-corrected chi connectivity index (χ0v) is 11.3. The highest BCUT2D eigenvalue weighted by Gasteiger charge is 2.27. The van der Waals surface area contributed by atoms with Gasteiger partial charge in [-0.3, -0.25) is 4.98 Å². The molecule has 1 aliphatic carbocycles. The fourth-order valence-electron chi connectivity index (χ4n) is 2.82. The van der Waals surface area contributed by atoms with E-state index in [1.807, 2.05) is 18.2 Å². The van der Waals surface area contributed by atoms with Crippen LogP contribution in [-0.4, -0.2) is 17.1 Å². The van der Waals surface area contributed by atoms with E-state index in [1.165, 1.54) is 6.42 Å². The van der Waals surface area contributed by atoms with Crippen LogP contribution < -0.4 is 10.5 Å². The van der Waals surface area contributed by atoms with E-state index in [9.17, 15) is 0 Å². The highest BCUT2D eigenvalue weighted by molar-refractivity contribution is 5.84. The predicted octanol–water partition coefficient (Wildman–Crippen LogP) is 3.13. The molecule has 3 unspecified atom stereocenters. The largest absolute Gasteiger partial charge is 0.487 e. The lowest BCUT2D eigenvalue weighted by Gasteiger charge is -2.32. The van der Waals surface area contributed by atoms with Crippen LogP contribution in [0.5, 0.6) is 5.75 Å². The Morgan fingerprint density at radius 1 is 1.21 bits per heavy atom. The van der Waals surface area contributed by atoms with Gasteiger partial charge in [-0.2, -0.15) is 0 Å². The normalized spacial score (nSPS) is 27.4. The number of rotatable bonds is 2. The first-order valence-electron chi connectivity index (χ1n) is 7.00. The molecule has 3 nitrogen and oxygen atoms in total. The van der Waals surface area contributed by atoms with Crippen molar-refractivity contribution >= 4 is 10.9 Å². The molecule has 1 aromatic carbocycles. The summed E-state index contributed by atoms with van der Waals surface area (Å²) in [6.45, 7) is 2.27. The van der Waals surface area contributed by atoms with E-state index in [0.717, 1.165) is 29.5 Å². The Hall–Kier alpha value is -1.61. The summed E-state index contributed by atoms with van der Waals surface area (Å²) in [6.07, 6.45) is 5.19. The minimum atomic E-state index is 0.108. The topological polar surface area (TPSA) is 48.1 Å². The van der Waals surface area contributed by atoms with Gasteiger partial charge in [0, 0.05) is 17.6 Å². The fourth-order valence-corrected chi connectivity index (χ4v) is 2.82. The van der Waals surface area contributed by atoms with E-state index in [1.54, 1.807) is 6.20 Å². The number of nitrogens with two attached hydrogens (primary N) is 1. The molecule has 2 N–H and O–H groups in total. The van der Waals surface area contributed by atoms with E-state index in [2.05, 4.69) is 24.0 Å². The number of nitrogens with zero attached hydrogens (tertiary/aromatic N) is 1. The summed E-state index contributed by atoms with van der Waals surface area (Å²) in [5.41, 5.74) is 7.11. The zero-order valence-electron chi connectivity index (χ0n) is 11.3. The summed E-state index contributed by atoms with van der Waals surface area (Å²) in [4.78, 5) is 4.42. The van der Waals surface area contributed by atoms with Gasteiger partial charge in [0.2, 0.25) is 0 Å². The molecule has 3 atom stereocenters. The molecule has 0 saturated heterocycles. The van der Waals surface area contributed by atoms with Gasteiger partial charge in [-0.15, -0.1) is 0 Å². The molecule has 3 rings (SSSR count). The monoisotopic (exact) mass is 256 g/mol. The van der Waals surface area contributed by atoms with E-state index < -0.39 is 0 Å². The minimum Gasteiger partial charge on any atom is -0.487 e. The lowest BCUT2D eigenvalue weighted by atomic mass is 9.85. The van der Waals surface area contributed by atoms with Gasteiger partial charge < -0.3 is 10.5 Å². The maximum atomic E-state index is 6.19. The first kappa shape index (κ1) is 12.4. The van der Waals surface area contributed by atoms with Crippen molar-refractivity contribution in [1.29, 1.82) is 0 Å². The molecule has 1 saturated carbocycles. The average Bonchev–Trinajstić information content (AvgIpc) is 2.43. The molecular weight excluding hydrogens is 236 g/mol. The maximum Gasteiger partial charge on any atom is 0.146 e. The number of para-hydroxylation sites is 1. The van der Waals surface area contributed by atoms with Crippen molar-refractivity contribution in [3.05, 3.63) is 36.5 Å². The van der Waals surface area contributed by atoms with Crippen molar-refractivity contribution in [1.82, 2.24) is 4.98 Å². The number of hydrogen-bond donors (Lipinski definition) is 1. The Morgan fingerprint density at radius 3 is 2.95 bits per heavy atom. The van der Waals surface area contributed by atoms with E-state index in [-0.39, 0.29) is 12.1 Å². The standard InChI is InChI=1S/C16H20N2O/c1-11-7-8-13(17)15(10-11)19-14-6-2-4-12-5-3-9-18-16(12)14/h2-6,9,11,13,15H,7-8,10,17H2,1H3. The number of aromatic nitrogens is 1. The van der Waals surface area contributed by atoms with Gasteiger partial charge in [0.25, 0.3) is 0 Å². The first-order valence-corrected chi connectivity index (χ1v) is 7.00. The Kier molecular flexibility index (Phi) is 3.38. The molecule has 1 aliphatic rings. The van der Waals surface area contributed by atoms with Crippen LogP contribution in [-0.2, 0) is 0 Å². The molecular formula is C16H20N2O. The number of hydrogen-bond acceptors (Lipinski definition) is 3. The summed E-state index contributed by atoms with van der Waals surface area (Å²) in [5, 5.41) is 1.11. The molecule has 1 aromatic heterocycles. The van der Waals surface area contributed by atoms with Crippen LogP contribution in [0.2, 0.25) is 0 Å². The van der Waals surface area contributed by atoms with Gasteiger partial charge in [0.1, 0.15) is 17.4 Å². The number of benzene rings is 1. The third-order valence-corrected chi connectivity index (χ3v) is 3.98. The van der Waals surface area contributed by atoms with Gasteiger partial charge >= 0.3 is 0 Å². The van der Waals surface area contributed by atoms with Crippen molar-refractivity contribution < 1.29 is 4.74 Å². The molecule has 0 bridgehead atoms. The smallest absolute Gasteiger partial charge is 0.146 e. The summed E-state index contributed by atoms with van der Waals surface area (Å²) in [5.74, 6) is 1.54. The Bertz CT molecular complexity index is 564. The molecule has 0 aliphatic heterocycles. The fraction of sp³-hybridized carbons (Fsp3) is 0.438. The first-order chi connectivity index (χ1) is 9.24. The van der Waals surface area contributed by atoms with Crippen molar-refractivity contribution in [2.24, 2.45) is 11.7 Å². The van der Waals surface area contributed by atoms with Crippen LogP contribution in [0.25, 0.3) is 10.9 Å². The highest BCUT2D eigenvalue weighted by Crippen LogP contribution is 2.30. The van der Waals surface area contributed by atoms with Crippen LogP contribution >= 0.6 is 0 Å². The lowest BCUT2D eigenvalue weighted by molar-refractivity contribution is 0.109. The van der Waals surface area contributed by atoms with Gasteiger partial charge in [0.15, 0.2) is 0 Å². The van der Waals surface area contributed by atoms with Crippen LogP contribution in [0.3, 0.4) is 0 Å². The van der Waals surface area contributed by atoms with Crippen LogP contribution in [0.4, 0.5) is 0 Å². The quantitative estimate of drug-likeness (QED) is 0.898. The van der Waals surface area contributed by atoms with Gasteiger partial charge in [-0.1, -0.05) is 25.1 Å². The van der Waals surface area contributed by atoms with Crippen molar-refractivity contribution in [3.63, 3.8) is 0 Å². The van der Waals surface area contributed by atoms with Gasteiger partial charge in [0.05, 0.1) is 0 Å². The summed E-state index contributed by atoms with van der Waals surface area (Å²) in [7, 11) is 0. The van der Waals surface area contributed by atoms with E-state index in [4.69, 9.17) is 10.5 Å². The minimum absolute atomic E-state index is 0.108. The molecule has 1 fully saturated rings. The highest BCUT2D eigenvalue weighted by atomic mass is 16.5. The number of fused-ring (bicyclic) bond motifs is 1. The predicted molar refractivity (Wildman–Crippen MR) is 77.1 cm³/mol. The number of pyridine rings is 1. The van der Waals surface area contributed by atoms with Crippen LogP contribution in [0.15, 0.2) is 36.5 Å².